The average Bonchev–Trinajstić information content (AvgIpc) is 3.22. The number of ketones is 1. The molecule has 0 saturated heterocycles. The van der Waals surface area contributed by atoms with Crippen molar-refractivity contribution in [2.24, 2.45) is 0 Å². The first-order valence-electron chi connectivity index (χ1n) is 10.2. The Balaban J connectivity index is 1.48. The van der Waals surface area contributed by atoms with Gasteiger partial charge in [-0.3, -0.25) is 9.36 Å². The second kappa shape index (κ2) is 10.1. The van der Waals surface area contributed by atoms with Gasteiger partial charge in [-0.15, -0.1) is 10.2 Å². The molecule has 4 aromatic rings. The third-order valence-corrected chi connectivity index (χ3v) is 5.80. The SMILES string of the molecule is Cc1ccc(NCCc2nnc(SCC(=O)c3ccccc3)n2-c2ccccc2)cc1. The van der Waals surface area contributed by atoms with Gasteiger partial charge >= 0.3 is 0 Å². The standard InChI is InChI=1S/C25H24N4OS/c1-19-12-14-21(15-13-19)26-17-16-24-27-28-25(29(24)22-10-6-3-7-11-22)31-18-23(30)20-8-4-2-5-9-20/h2-15,26H,16-18H2,1H3. The molecule has 0 fully saturated rings. The number of hydrogen-bond acceptors (Lipinski definition) is 5. The molecular weight excluding hydrogens is 404 g/mol. The van der Waals surface area contributed by atoms with Crippen LogP contribution in [0.4, 0.5) is 5.69 Å². The number of aryl methyl sites for hydroxylation is 1. The van der Waals surface area contributed by atoms with Gasteiger partial charge in [0.2, 0.25) is 0 Å². The van der Waals surface area contributed by atoms with Gasteiger partial charge in [0.25, 0.3) is 0 Å². The maximum atomic E-state index is 12.5. The van der Waals surface area contributed by atoms with Crippen molar-refractivity contribution in [3.63, 3.8) is 0 Å². The summed E-state index contributed by atoms with van der Waals surface area (Å²) in [7, 11) is 0. The second-order valence-corrected chi connectivity index (χ2v) is 8.13. The molecule has 5 nitrogen and oxygen atoms in total. The van der Waals surface area contributed by atoms with Gasteiger partial charge in [0.1, 0.15) is 5.82 Å². The molecule has 0 aliphatic rings. The minimum Gasteiger partial charge on any atom is -0.385 e. The molecule has 4 rings (SSSR count). The predicted octanol–water partition coefficient (Wildman–Crippen LogP) is 5.21. The highest BCUT2D eigenvalue weighted by Crippen LogP contribution is 2.23. The minimum atomic E-state index is 0.0794. The van der Waals surface area contributed by atoms with Gasteiger partial charge in [0, 0.05) is 29.9 Å². The summed E-state index contributed by atoms with van der Waals surface area (Å²) < 4.78 is 2.04. The first-order valence-corrected chi connectivity index (χ1v) is 11.2. The van der Waals surface area contributed by atoms with Crippen LogP contribution < -0.4 is 5.32 Å². The van der Waals surface area contributed by atoms with Gasteiger partial charge in [-0.05, 0) is 31.2 Å². The van der Waals surface area contributed by atoms with E-state index in [9.17, 15) is 4.79 Å². The van der Waals surface area contributed by atoms with Gasteiger partial charge in [-0.25, -0.2) is 0 Å². The molecule has 31 heavy (non-hydrogen) atoms. The average molecular weight is 429 g/mol. The van der Waals surface area contributed by atoms with Crippen molar-refractivity contribution in [2.75, 3.05) is 17.6 Å². The molecule has 0 saturated carbocycles. The van der Waals surface area contributed by atoms with E-state index in [1.54, 1.807) is 0 Å². The van der Waals surface area contributed by atoms with Crippen LogP contribution in [-0.2, 0) is 6.42 Å². The van der Waals surface area contributed by atoms with E-state index in [2.05, 4.69) is 46.7 Å². The van der Waals surface area contributed by atoms with E-state index in [0.29, 0.717) is 17.7 Å². The van der Waals surface area contributed by atoms with Crippen LogP contribution in [0.5, 0.6) is 0 Å². The smallest absolute Gasteiger partial charge is 0.196 e. The number of benzene rings is 3. The molecule has 0 bridgehead atoms. The van der Waals surface area contributed by atoms with Crippen LogP contribution in [0.15, 0.2) is 90.1 Å². The minimum absolute atomic E-state index is 0.0794. The van der Waals surface area contributed by atoms with Crippen LogP contribution in [0.25, 0.3) is 5.69 Å². The molecule has 0 radical (unpaired) electrons. The number of hydrogen-bond donors (Lipinski definition) is 1. The fraction of sp³-hybridized carbons (Fsp3) is 0.160. The zero-order valence-corrected chi connectivity index (χ0v) is 18.2. The van der Waals surface area contributed by atoms with Crippen molar-refractivity contribution in [1.29, 1.82) is 0 Å². The Bertz CT molecular complexity index is 1130. The van der Waals surface area contributed by atoms with Crippen LogP contribution in [0.2, 0.25) is 0 Å². The van der Waals surface area contributed by atoms with Crippen molar-refractivity contribution in [3.05, 3.63) is 102 Å². The summed E-state index contributed by atoms with van der Waals surface area (Å²) in [5.74, 6) is 1.26. The molecular formula is C25H24N4OS. The lowest BCUT2D eigenvalue weighted by molar-refractivity contribution is 0.102. The van der Waals surface area contributed by atoms with Gasteiger partial charge < -0.3 is 5.32 Å². The first-order chi connectivity index (χ1) is 15.2. The fourth-order valence-corrected chi connectivity index (χ4v) is 4.08. The maximum absolute atomic E-state index is 12.5. The Hall–Kier alpha value is -3.38. The van der Waals surface area contributed by atoms with Crippen molar-refractivity contribution < 1.29 is 4.79 Å². The van der Waals surface area contributed by atoms with Crippen LogP contribution in [-0.4, -0.2) is 32.8 Å². The molecule has 6 heteroatoms. The van der Waals surface area contributed by atoms with Crippen LogP contribution in [0, 0.1) is 6.92 Å². The molecule has 1 heterocycles. The Morgan fingerprint density at radius 1 is 0.903 bits per heavy atom. The number of para-hydroxylation sites is 1. The number of thioether (sulfide) groups is 1. The lowest BCUT2D eigenvalue weighted by Crippen LogP contribution is -2.10. The fourth-order valence-electron chi connectivity index (χ4n) is 3.22. The third-order valence-electron chi connectivity index (χ3n) is 4.87. The Morgan fingerprint density at radius 2 is 1.58 bits per heavy atom. The van der Waals surface area contributed by atoms with Crippen LogP contribution >= 0.6 is 11.8 Å². The van der Waals surface area contributed by atoms with Gasteiger partial charge in [0.15, 0.2) is 10.9 Å². The number of rotatable bonds is 9. The normalized spacial score (nSPS) is 10.7. The summed E-state index contributed by atoms with van der Waals surface area (Å²) in [5.41, 5.74) is 4.02. The first kappa shape index (κ1) is 20.9. The zero-order valence-electron chi connectivity index (χ0n) is 17.4. The summed E-state index contributed by atoms with van der Waals surface area (Å²) in [6.07, 6.45) is 0.711. The number of nitrogens with one attached hydrogen (secondary N) is 1. The topological polar surface area (TPSA) is 59.8 Å². The molecule has 1 aromatic heterocycles. The van der Waals surface area contributed by atoms with E-state index in [0.717, 1.165) is 28.9 Å². The summed E-state index contributed by atoms with van der Waals surface area (Å²) in [6.45, 7) is 2.81. The number of carbonyl (C=O) groups excluding carboxylic acids is 1. The summed E-state index contributed by atoms with van der Waals surface area (Å²) in [5, 5.41) is 13.0. The van der Waals surface area contributed by atoms with Crippen molar-refractivity contribution in [1.82, 2.24) is 14.8 Å². The van der Waals surface area contributed by atoms with E-state index in [1.165, 1.54) is 17.3 Å². The van der Waals surface area contributed by atoms with Crippen molar-refractivity contribution in [2.45, 2.75) is 18.5 Å². The van der Waals surface area contributed by atoms with E-state index in [4.69, 9.17) is 0 Å². The van der Waals surface area contributed by atoms with Crippen LogP contribution in [0.3, 0.4) is 0 Å². The number of aromatic nitrogens is 3. The second-order valence-electron chi connectivity index (χ2n) is 7.19. The summed E-state index contributed by atoms with van der Waals surface area (Å²) >= 11 is 1.42. The Morgan fingerprint density at radius 3 is 2.29 bits per heavy atom. The van der Waals surface area contributed by atoms with E-state index >= 15 is 0 Å². The number of carbonyl (C=O) groups is 1. The Labute approximate surface area is 186 Å². The summed E-state index contributed by atoms with van der Waals surface area (Å²) in [6, 6.07) is 27.7. The molecule has 1 N–H and O–H groups in total. The monoisotopic (exact) mass is 428 g/mol. The van der Waals surface area contributed by atoms with Crippen molar-refractivity contribution in [3.8, 4) is 5.69 Å². The van der Waals surface area contributed by atoms with Crippen LogP contribution in [0.1, 0.15) is 21.7 Å². The van der Waals surface area contributed by atoms with Gasteiger partial charge in [0.05, 0.1) is 5.75 Å². The molecule has 3 aromatic carbocycles. The molecule has 156 valence electrons. The molecule has 0 atom stereocenters. The van der Waals surface area contributed by atoms with Gasteiger partial charge in [-0.1, -0.05) is 78.0 Å². The lowest BCUT2D eigenvalue weighted by atomic mass is 10.2. The van der Waals surface area contributed by atoms with Gasteiger partial charge in [-0.2, -0.15) is 0 Å². The number of nitrogens with zero attached hydrogens (tertiary/aromatic N) is 3. The Kier molecular flexibility index (Phi) is 6.79. The molecule has 0 amide bonds. The van der Waals surface area contributed by atoms with Crippen molar-refractivity contribution >= 4 is 23.2 Å². The number of anilines is 1. The largest absolute Gasteiger partial charge is 0.385 e. The van der Waals surface area contributed by atoms with E-state index in [-0.39, 0.29) is 5.78 Å². The highest BCUT2D eigenvalue weighted by molar-refractivity contribution is 7.99. The predicted molar refractivity (Wildman–Crippen MR) is 126 cm³/mol. The van der Waals surface area contributed by atoms with E-state index in [1.807, 2.05) is 65.2 Å². The highest BCUT2D eigenvalue weighted by Gasteiger charge is 2.16. The zero-order chi connectivity index (χ0) is 21.5. The third kappa shape index (κ3) is 5.41. The molecule has 0 aliphatic heterocycles. The lowest BCUT2D eigenvalue weighted by Gasteiger charge is -2.11. The maximum Gasteiger partial charge on any atom is 0.196 e. The molecule has 0 unspecified atom stereocenters. The quantitative estimate of drug-likeness (QED) is 0.293. The number of Topliss-reactive ketones (excluding diaryl/α,β-unsaturated/α-hetero) is 1. The van der Waals surface area contributed by atoms with E-state index < -0.39 is 0 Å². The highest BCUT2D eigenvalue weighted by atomic mass is 32.2. The molecule has 0 spiro atoms. The summed E-state index contributed by atoms with van der Waals surface area (Å²) in [4.78, 5) is 12.5. The molecule has 0 aliphatic carbocycles.